The summed E-state index contributed by atoms with van der Waals surface area (Å²) >= 11 is 0. The molecule has 1 rings (SSSR count). The van der Waals surface area contributed by atoms with Gasteiger partial charge >= 0.3 is 0 Å². The lowest BCUT2D eigenvalue weighted by Gasteiger charge is -2.05. The summed E-state index contributed by atoms with van der Waals surface area (Å²) in [7, 11) is 0. The summed E-state index contributed by atoms with van der Waals surface area (Å²) in [6.45, 7) is 1.83. The summed E-state index contributed by atoms with van der Waals surface area (Å²) in [6.07, 6.45) is 0.332. The zero-order valence-electron chi connectivity index (χ0n) is 9.03. The molecule has 0 aromatic carbocycles. The van der Waals surface area contributed by atoms with Crippen LogP contribution in [0.1, 0.15) is 25.0 Å². The third-order valence-corrected chi connectivity index (χ3v) is 1.94. The maximum absolute atomic E-state index is 11.3. The number of aromatic nitrogens is 1. The van der Waals surface area contributed by atoms with Gasteiger partial charge in [-0.25, -0.2) is 4.98 Å². The van der Waals surface area contributed by atoms with E-state index in [2.05, 4.69) is 10.3 Å². The van der Waals surface area contributed by atoms with Gasteiger partial charge in [0.05, 0.1) is 0 Å². The molecule has 0 radical (unpaired) electrons. The van der Waals surface area contributed by atoms with E-state index in [0.29, 0.717) is 5.82 Å². The van der Waals surface area contributed by atoms with E-state index < -0.39 is 5.97 Å². The SMILES string of the molecule is Cc1cccc(NC(=O)CCCC(=O)[O-])n1. The average molecular weight is 221 g/mol. The highest BCUT2D eigenvalue weighted by Crippen LogP contribution is 2.05. The number of carbonyl (C=O) groups is 2. The monoisotopic (exact) mass is 221 g/mol. The normalized spacial score (nSPS) is 9.81. The number of amides is 1. The molecule has 16 heavy (non-hydrogen) atoms. The van der Waals surface area contributed by atoms with Crippen LogP contribution in [-0.4, -0.2) is 16.9 Å². The lowest BCUT2D eigenvalue weighted by atomic mass is 10.2. The number of nitrogens with zero attached hydrogens (tertiary/aromatic N) is 1. The molecule has 0 aliphatic carbocycles. The van der Waals surface area contributed by atoms with E-state index in [1.807, 2.05) is 13.0 Å². The van der Waals surface area contributed by atoms with Crippen LogP contribution in [-0.2, 0) is 9.59 Å². The molecule has 5 heteroatoms. The van der Waals surface area contributed by atoms with Gasteiger partial charge in [-0.1, -0.05) is 6.07 Å². The predicted octanol–water partition coefficient (Wildman–Crippen LogP) is 0.249. The number of anilines is 1. The molecular formula is C11H13N2O3-. The summed E-state index contributed by atoms with van der Waals surface area (Å²) in [5, 5.41) is 12.7. The van der Waals surface area contributed by atoms with Gasteiger partial charge in [0.25, 0.3) is 0 Å². The Bertz CT molecular complexity index is 391. The fourth-order valence-corrected chi connectivity index (χ4v) is 1.21. The number of rotatable bonds is 5. The lowest BCUT2D eigenvalue weighted by molar-refractivity contribution is -0.305. The second-order valence-electron chi connectivity index (χ2n) is 3.44. The van der Waals surface area contributed by atoms with Crippen LogP contribution in [0.5, 0.6) is 0 Å². The number of nitrogens with one attached hydrogen (secondary N) is 1. The van der Waals surface area contributed by atoms with Crippen molar-refractivity contribution in [2.75, 3.05) is 5.32 Å². The number of aryl methyl sites for hydroxylation is 1. The molecule has 5 nitrogen and oxygen atoms in total. The molecule has 0 aliphatic rings. The van der Waals surface area contributed by atoms with E-state index in [9.17, 15) is 14.7 Å². The van der Waals surface area contributed by atoms with Crippen LogP contribution in [0, 0.1) is 6.92 Å². The molecule has 1 aromatic rings. The maximum Gasteiger partial charge on any atom is 0.225 e. The Labute approximate surface area is 93.5 Å². The molecule has 0 bridgehead atoms. The van der Waals surface area contributed by atoms with E-state index in [-0.39, 0.29) is 25.2 Å². The van der Waals surface area contributed by atoms with E-state index in [1.54, 1.807) is 12.1 Å². The van der Waals surface area contributed by atoms with Gasteiger partial charge in [-0.05, 0) is 31.9 Å². The Hall–Kier alpha value is -1.91. The Morgan fingerprint density at radius 3 is 2.75 bits per heavy atom. The highest BCUT2D eigenvalue weighted by atomic mass is 16.4. The van der Waals surface area contributed by atoms with E-state index >= 15 is 0 Å². The minimum Gasteiger partial charge on any atom is -0.550 e. The summed E-state index contributed by atoms with van der Waals surface area (Å²) in [6, 6.07) is 5.30. The van der Waals surface area contributed by atoms with Gasteiger partial charge in [-0.2, -0.15) is 0 Å². The predicted molar refractivity (Wildman–Crippen MR) is 56.5 cm³/mol. The number of pyridine rings is 1. The van der Waals surface area contributed by atoms with Gasteiger partial charge < -0.3 is 15.2 Å². The highest BCUT2D eigenvalue weighted by Gasteiger charge is 2.02. The third kappa shape index (κ3) is 4.54. The lowest BCUT2D eigenvalue weighted by Crippen LogP contribution is -2.22. The fourth-order valence-electron chi connectivity index (χ4n) is 1.21. The van der Waals surface area contributed by atoms with E-state index in [0.717, 1.165) is 5.69 Å². The molecule has 1 amide bonds. The van der Waals surface area contributed by atoms with Crippen LogP contribution < -0.4 is 10.4 Å². The molecule has 0 aliphatic heterocycles. The number of carbonyl (C=O) groups excluding carboxylic acids is 2. The first-order valence-electron chi connectivity index (χ1n) is 5.01. The van der Waals surface area contributed by atoms with Gasteiger partial charge in [0.15, 0.2) is 0 Å². The second kappa shape index (κ2) is 5.85. The summed E-state index contributed by atoms with van der Waals surface area (Å²) < 4.78 is 0. The zero-order chi connectivity index (χ0) is 12.0. The zero-order valence-corrected chi connectivity index (χ0v) is 9.03. The number of hydrogen-bond acceptors (Lipinski definition) is 4. The van der Waals surface area contributed by atoms with Crippen LogP contribution in [0.15, 0.2) is 18.2 Å². The summed E-state index contributed by atoms with van der Waals surface area (Å²) in [4.78, 5) is 25.6. The molecule has 0 atom stereocenters. The van der Waals surface area contributed by atoms with Crippen molar-refractivity contribution in [1.82, 2.24) is 4.98 Å². The van der Waals surface area contributed by atoms with Crippen molar-refractivity contribution >= 4 is 17.7 Å². The first kappa shape index (κ1) is 12.2. The molecule has 1 aromatic heterocycles. The molecule has 0 fully saturated rings. The first-order valence-corrected chi connectivity index (χ1v) is 5.01. The number of carboxylic acid groups (broad SMARTS) is 1. The fraction of sp³-hybridized carbons (Fsp3) is 0.364. The van der Waals surface area contributed by atoms with Crippen molar-refractivity contribution in [3.05, 3.63) is 23.9 Å². The molecule has 1 N–H and O–H groups in total. The quantitative estimate of drug-likeness (QED) is 0.772. The van der Waals surface area contributed by atoms with Gasteiger partial charge in [0.1, 0.15) is 5.82 Å². The second-order valence-corrected chi connectivity index (χ2v) is 3.44. The Morgan fingerprint density at radius 2 is 2.12 bits per heavy atom. The third-order valence-electron chi connectivity index (χ3n) is 1.94. The van der Waals surface area contributed by atoms with Crippen molar-refractivity contribution < 1.29 is 14.7 Å². The first-order chi connectivity index (χ1) is 7.58. The topological polar surface area (TPSA) is 82.1 Å². The Balaban J connectivity index is 2.37. The van der Waals surface area contributed by atoms with E-state index in [4.69, 9.17) is 0 Å². The van der Waals surface area contributed by atoms with Crippen molar-refractivity contribution in [3.8, 4) is 0 Å². The van der Waals surface area contributed by atoms with Crippen LogP contribution in [0.2, 0.25) is 0 Å². The summed E-state index contributed by atoms with van der Waals surface area (Å²) in [5.74, 6) is -0.890. The number of carboxylic acids is 1. The van der Waals surface area contributed by atoms with Gasteiger partial charge in [-0.3, -0.25) is 4.79 Å². The minimum atomic E-state index is -1.14. The highest BCUT2D eigenvalue weighted by molar-refractivity contribution is 5.89. The van der Waals surface area contributed by atoms with Crippen molar-refractivity contribution in [1.29, 1.82) is 0 Å². The largest absolute Gasteiger partial charge is 0.550 e. The Morgan fingerprint density at radius 1 is 1.38 bits per heavy atom. The molecule has 1 heterocycles. The maximum atomic E-state index is 11.3. The minimum absolute atomic E-state index is 0.103. The van der Waals surface area contributed by atoms with Crippen molar-refractivity contribution in [2.24, 2.45) is 0 Å². The van der Waals surface area contributed by atoms with Gasteiger partial charge in [0.2, 0.25) is 5.91 Å². The molecule has 86 valence electrons. The Kier molecular flexibility index (Phi) is 4.44. The standard InChI is InChI=1S/C11H14N2O3/c1-8-4-2-5-9(12-8)13-10(14)6-3-7-11(15)16/h2,4-5H,3,6-7H2,1H3,(H,15,16)(H,12,13,14)/p-1. The van der Waals surface area contributed by atoms with Crippen molar-refractivity contribution in [3.63, 3.8) is 0 Å². The number of hydrogen-bond donors (Lipinski definition) is 1. The van der Waals surface area contributed by atoms with Crippen LogP contribution >= 0.6 is 0 Å². The van der Waals surface area contributed by atoms with Gasteiger partial charge in [0, 0.05) is 18.1 Å². The molecule has 0 saturated heterocycles. The molecular weight excluding hydrogens is 208 g/mol. The van der Waals surface area contributed by atoms with Crippen molar-refractivity contribution in [2.45, 2.75) is 26.2 Å². The average Bonchev–Trinajstić information content (AvgIpc) is 2.16. The van der Waals surface area contributed by atoms with Crippen LogP contribution in [0.3, 0.4) is 0 Å². The van der Waals surface area contributed by atoms with Crippen LogP contribution in [0.4, 0.5) is 5.82 Å². The molecule has 0 saturated carbocycles. The van der Waals surface area contributed by atoms with E-state index in [1.165, 1.54) is 0 Å². The van der Waals surface area contributed by atoms with Crippen LogP contribution in [0.25, 0.3) is 0 Å². The van der Waals surface area contributed by atoms with Gasteiger partial charge in [-0.15, -0.1) is 0 Å². The smallest absolute Gasteiger partial charge is 0.225 e. The molecule has 0 unspecified atom stereocenters. The molecule has 0 spiro atoms. The number of aliphatic carboxylic acids is 1. The summed E-state index contributed by atoms with van der Waals surface area (Å²) in [5.41, 5.74) is 0.813.